The summed E-state index contributed by atoms with van der Waals surface area (Å²) >= 11 is 0. The van der Waals surface area contributed by atoms with Crippen LogP contribution in [0.1, 0.15) is 53.2 Å². The van der Waals surface area contributed by atoms with E-state index >= 15 is 0 Å². The van der Waals surface area contributed by atoms with Crippen molar-refractivity contribution in [3.8, 4) is 11.6 Å². The monoisotopic (exact) mass is 463 g/mol. The van der Waals surface area contributed by atoms with Crippen molar-refractivity contribution in [1.29, 1.82) is 10.8 Å². The van der Waals surface area contributed by atoms with Gasteiger partial charge in [-0.25, -0.2) is 4.98 Å². The van der Waals surface area contributed by atoms with Crippen LogP contribution in [-0.4, -0.2) is 34.9 Å². The molecule has 3 aliphatic carbocycles. The molecular formula is C27H25N7O. The number of nitrogens with one attached hydrogen (secondary N) is 4. The first-order valence-corrected chi connectivity index (χ1v) is 11.6. The van der Waals surface area contributed by atoms with Crippen LogP contribution in [0.2, 0.25) is 0 Å². The normalized spacial score (nSPS) is 16.8. The SMILES string of the molecule is CN=C(Nc1ccc(C=N)cc1)c1oc(-c2nc3ccc(C(=N)N)cc3[nH]2)c2c1C1=CCC2CC1. The summed E-state index contributed by atoms with van der Waals surface area (Å²) in [6.45, 7) is 0. The second-order valence-corrected chi connectivity index (χ2v) is 8.94. The number of anilines is 1. The van der Waals surface area contributed by atoms with Gasteiger partial charge in [-0.05, 0) is 66.6 Å². The molecule has 1 unspecified atom stereocenters. The number of nitrogens with zero attached hydrogens (tertiary/aromatic N) is 2. The number of aromatic amines is 1. The third-order valence-corrected chi connectivity index (χ3v) is 6.87. The highest BCUT2D eigenvalue weighted by Crippen LogP contribution is 2.51. The van der Waals surface area contributed by atoms with Crippen LogP contribution in [0, 0.1) is 10.8 Å². The summed E-state index contributed by atoms with van der Waals surface area (Å²) in [5, 5.41) is 18.6. The lowest BCUT2D eigenvalue weighted by atomic mass is 9.73. The van der Waals surface area contributed by atoms with Crippen LogP contribution in [0.3, 0.4) is 0 Å². The average Bonchev–Trinajstić information content (AvgIpc) is 3.51. The maximum Gasteiger partial charge on any atom is 0.177 e. The van der Waals surface area contributed by atoms with E-state index in [1.807, 2.05) is 36.4 Å². The fourth-order valence-electron chi connectivity index (χ4n) is 5.12. The molecule has 2 heterocycles. The summed E-state index contributed by atoms with van der Waals surface area (Å²) in [4.78, 5) is 12.7. The summed E-state index contributed by atoms with van der Waals surface area (Å²) in [6, 6.07) is 13.2. The van der Waals surface area contributed by atoms with E-state index in [0.29, 0.717) is 28.9 Å². The van der Waals surface area contributed by atoms with Crippen LogP contribution >= 0.6 is 0 Å². The van der Waals surface area contributed by atoms with Gasteiger partial charge in [0.05, 0.1) is 11.0 Å². The highest BCUT2D eigenvalue weighted by Gasteiger charge is 2.37. The van der Waals surface area contributed by atoms with Crippen molar-refractivity contribution in [1.82, 2.24) is 9.97 Å². The standard InChI is InChI=1S/C27H25N7O/c1-31-26(32-18-9-2-14(13-28)3-10-18)23-21-15-4-6-16(7-5-15)22(21)24(35-23)27-33-19-11-8-17(25(29)30)12-20(19)34-27/h2-4,8-13,16,28H,5-7H2,1H3,(H3,29,30)(H,31,32)(H,33,34). The lowest BCUT2D eigenvalue weighted by Crippen LogP contribution is -2.18. The predicted octanol–water partition coefficient (Wildman–Crippen LogP) is 5.26. The molecule has 0 radical (unpaired) electrons. The number of benzene rings is 2. The van der Waals surface area contributed by atoms with Crippen LogP contribution in [-0.2, 0) is 0 Å². The highest BCUT2D eigenvalue weighted by atomic mass is 16.3. The van der Waals surface area contributed by atoms with Gasteiger partial charge in [0.1, 0.15) is 5.84 Å². The number of hydrogen-bond acceptors (Lipinski definition) is 5. The molecule has 1 atom stereocenters. The topological polar surface area (TPSA) is 140 Å². The molecule has 7 rings (SSSR count). The minimum absolute atomic E-state index is 0.0217. The molecule has 2 aromatic carbocycles. The van der Waals surface area contributed by atoms with Crippen molar-refractivity contribution in [3.63, 3.8) is 0 Å². The lowest BCUT2D eigenvalue weighted by Gasteiger charge is -2.30. The van der Waals surface area contributed by atoms with Crippen molar-refractivity contribution >= 4 is 40.2 Å². The predicted molar refractivity (Wildman–Crippen MR) is 140 cm³/mol. The molecule has 6 N–H and O–H groups in total. The van der Waals surface area contributed by atoms with Crippen LogP contribution < -0.4 is 11.1 Å². The molecule has 8 nitrogen and oxygen atoms in total. The fourth-order valence-corrected chi connectivity index (χ4v) is 5.12. The molecule has 3 aliphatic rings. The minimum Gasteiger partial charge on any atom is -0.449 e. The molecule has 0 aliphatic heterocycles. The number of allylic oxidation sites excluding steroid dienone is 2. The number of imidazole rings is 1. The summed E-state index contributed by atoms with van der Waals surface area (Å²) in [6.07, 6.45) is 6.76. The molecule has 0 amide bonds. The van der Waals surface area contributed by atoms with Gasteiger partial charge in [0.15, 0.2) is 23.2 Å². The average molecular weight is 464 g/mol. The third-order valence-electron chi connectivity index (χ3n) is 6.87. The van der Waals surface area contributed by atoms with E-state index in [4.69, 9.17) is 26.0 Å². The summed E-state index contributed by atoms with van der Waals surface area (Å²) in [7, 11) is 1.75. The van der Waals surface area contributed by atoms with Gasteiger partial charge in [0.2, 0.25) is 0 Å². The quantitative estimate of drug-likeness (QED) is 0.203. The summed E-state index contributed by atoms with van der Waals surface area (Å²) in [5.41, 5.74) is 13.3. The Labute approximate surface area is 202 Å². The zero-order valence-corrected chi connectivity index (χ0v) is 19.3. The van der Waals surface area contributed by atoms with E-state index < -0.39 is 0 Å². The van der Waals surface area contributed by atoms with Crippen molar-refractivity contribution in [3.05, 3.63) is 76.6 Å². The number of H-pyrrole nitrogens is 1. The molecule has 174 valence electrons. The van der Waals surface area contributed by atoms with Crippen LogP contribution in [0.25, 0.3) is 28.2 Å². The Hall–Kier alpha value is -4.46. The number of nitrogens with two attached hydrogens (primary N) is 1. The number of fused-ring (bicyclic) bond motifs is 3. The van der Waals surface area contributed by atoms with Crippen molar-refractivity contribution < 1.29 is 4.42 Å². The number of aliphatic imine (C=N–C) groups is 1. The number of nitrogen functional groups attached to an aromatic ring is 1. The van der Waals surface area contributed by atoms with Gasteiger partial charge in [-0.2, -0.15) is 0 Å². The van der Waals surface area contributed by atoms with E-state index in [2.05, 4.69) is 21.4 Å². The Balaban J connectivity index is 1.47. The van der Waals surface area contributed by atoms with Gasteiger partial charge in [0, 0.05) is 35.6 Å². The second-order valence-electron chi connectivity index (χ2n) is 8.94. The fraction of sp³-hybridized carbons (Fsp3) is 0.185. The van der Waals surface area contributed by atoms with Gasteiger partial charge in [-0.15, -0.1) is 0 Å². The van der Waals surface area contributed by atoms with E-state index in [0.717, 1.165) is 52.9 Å². The Bertz CT molecular complexity index is 1550. The number of amidine groups is 2. The molecule has 0 spiro atoms. The lowest BCUT2D eigenvalue weighted by molar-refractivity contribution is 0.557. The Morgan fingerprint density at radius 3 is 2.77 bits per heavy atom. The zero-order valence-electron chi connectivity index (χ0n) is 19.3. The molecule has 2 aromatic heterocycles. The number of furan rings is 1. The van der Waals surface area contributed by atoms with E-state index in [9.17, 15) is 0 Å². The van der Waals surface area contributed by atoms with Crippen LogP contribution in [0.4, 0.5) is 5.69 Å². The van der Waals surface area contributed by atoms with Gasteiger partial charge in [-0.3, -0.25) is 10.4 Å². The number of rotatable bonds is 5. The van der Waals surface area contributed by atoms with Gasteiger partial charge in [0.25, 0.3) is 0 Å². The maximum atomic E-state index is 7.74. The molecule has 0 saturated heterocycles. The van der Waals surface area contributed by atoms with E-state index in [1.165, 1.54) is 17.4 Å². The van der Waals surface area contributed by atoms with Crippen molar-refractivity contribution in [2.45, 2.75) is 25.2 Å². The summed E-state index contributed by atoms with van der Waals surface area (Å²) < 4.78 is 6.58. The smallest absolute Gasteiger partial charge is 0.177 e. The van der Waals surface area contributed by atoms with E-state index in [-0.39, 0.29) is 5.84 Å². The molecule has 8 heteroatoms. The first-order valence-electron chi connectivity index (χ1n) is 11.6. The number of aromatic nitrogens is 2. The Morgan fingerprint density at radius 1 is 1.26 bits per heavy atom. The van der Waals surface area contributed by atoms with Gasteiger partial charge < -0.3 is 25.9 Å². The first kappa shape index (κ1) is 21.1. The van der Waals surface area contributed by atoms with Crippen molar-refractivity contribution in [2.24, 2.45) is 10.7 Å². The first-order chi connectivity index (χ1) is 17.1. The van der Waals surface area contributed by atoms with Crippen molar-refractivity contribution in [2.75, 3.05) is 12.4 Å². The molecule has 2 bridgehead atoms. The van der Waals surface area contributed by atoms with Crippen LogP contribution in [0.5, 0.6) is 0 Å². The Kier molecular flexibility index (Phi) is 4.88. The minimum atomic E-state index is 0.0217. The summed E-state index contributed by atoms with van der Waals surface area (Å²) in [5.74, 6) is 3.18. The third kappa shape index (κ3) is 3.45. The van der Waals surface area contributed by atoms with Gasteiger partial charge in [-0.1, -0.05) is 18.2 Å². The molecule has 0 fully saturated rings. The largest absolute Gasteiger partial charge is 0.449 e. The van der Waals surface area contributed by atoms with E-state index in [1.54, 1.807) is 13.1 Å². The molecule has 0 saturated carbocycles. The molecular weight excluding hydrogens is 438 g/mol. The maximum absolute atomic E-state index is 7.74. The Morgan fingerprint density at radius 2 is 2.09 bits per heavy atom. The molecule has 35 heavy (non-hydrogen) atoms. The highest BCUT2D eigenvalue weighted by molar-refractivity contribution is 6.10. The zero-order chi connectivity index (χ0) is 24.1. The number of hydrogen-bond donors (Lipinski definition) is 5. The van der Waals surface area contributed by atoms with Gasteiger partial charge >= 0.3 is 0 Å². The second kappa shape index (κ2) is 8.09. The van der Waals surface area contributed by atoms with Crippen LogP contribution in [0.15, 0.2) is 58.0 Å². The molecule has 4 aromatic rings.